The molecule has 20 heavy (non-hydrogen) atoms. The van der Waals surface area contributed by atoms with Gasteiger partial charge >= 0.3 is 0 Å². The van der Waals surface area contributed by atoms with Gasteiger partial charge in [-0.2, -0.15) is 0 Å². The van der Waals surface area contributed by atoms with E-state index in [0.717, 1.165) is 11.1 Å². The Balaban J connectivity index is 2.97. The van der Waals surface area contributed by atoms with Gasteiger partial charge in [-0.1, -0.05) is 50.9 Å². The first-order valence-electron chi connectivity index (χ1n) is 6.96. The first-order chi connectivity index (χ1) is 9.22. The molecule has 0 aliphatic carbocycles. The summed E-state index contributed by atoms with van der Waals surface area (Å²) in [4.78, 5) is 12.3. The van der Waals surface area contributed by atoms with E-state index in [2.05, 4.69) is 5.32 Å². The zero-order valence-electron chi connectivity index (χ0n) is 12.8. The van der Waals surface area contributed by atoms with Crippen LogP contribution in [-0.2, 0) is 11.2 Å². The van der Waals surface area contributed by atoms with Gasteiger partial charge in [0.25, 0.3) is 0 Å². The van der Waals surface area contributed by atoms with Gasteiger partial charge in [-0.05, 0) is 36.6 Å². The van der Waals surface area contributed by atoms with Gasteiger partial charge in [0.1, 0.15) is 0 Å². The quantitative estimate of drug-likeness (QED) is 0.841. The Morgan fingerprint density at radius 2 is 1.65 bits per heavy atom. The molecule has 4 heteroatoms. The molecule has 0 heterocycles. The lowest BCUT2D eigenvalue weighted by Crippen LogP contribution is -2.44. The number of carbonyl (C=O) groups excluding carboxylic acids is 1. The highest BCUT2D eigenvalue weighted by atomic mass is 35.5. The molecule has 0 fully saturated rings. The van der Waals surface area contributed by atoms with Gasteiger partial charge in [-0.25, -0.2) is 0 Å². The van der Waals surface area contributed by atoms with E-state index in [1.165, 1.54) is 0 Å². The number of hydrogen-bond donors (Lipinski definition) is 1. The monoisotopic (exact) mass is 315 g/mol. The van der Waals surface area contributed by atoms with Crippen LogP contribution in [0.15, 0.2) is 12.1 Å². The lowest BCUT2D eigenvalue weighted by Gasteiger charge is -2.22. The van der Waals surface area contributed by atoms with Gasteiger partial charge in [-0.3, -0.25) is 4.79 Å². The predicted molar refractivity (Wildman–Crippen MR) is 86.8 cm³/mol. The summed E-state index contributed by atoms with van der Waals surface area (Å²) >= 11 is 12.3. The number of ketones is 1. The lowest BCUT2D eigenvalue weighted by molar-refractivity contribution is -0.124. The van der Waals surface area contributed by atoms with E-state index in [4.69, 9.17) is 23.2 Å². The minimum absolute atomic E-state index is 0.00245. The Hall–Kier alpha value is -0.570. The third kappa shape index (κ3) is 4.76. The molecule has 0 amide bonds. The lowest BCUT2D eigenvalue weighted by atomic mass is 9.95. The minimum atomic E-state index is -0.204. The first-order valence-corrected chi connectivity index (χ1v) is 7.72. The van der Waals surface area contributed by atoms with Crippen molar-refractivity contribution in [3.8, 4) is 0 Å². The van der Waals surface area contributed by atoms with E-state index in [1.54, 1.807) is 0 Å². The molecular formula is C16H23Cl2NO. The summed E-state index contributed by atoms with van der Waals surface area (Å²) in [5.41, 5.74) is 1.86. The summed E-state index contributed by atoms with van der Waals surface area (Å²) in [6, 6.07) is 3.83. The Kier molecular flexibility index (Phi) is 6.50. The fraction of sp³-hybridized carbons (Fsp3) is 0.562. The standard InChI is InChI=1S/C16H23Cl2NO/c1-9(2)16(20)15(19-10(3)4)8-12-6-13(17)11(5)14(18)7-12/h6-7,9-10,15,19H,8H2,1-5H3. The van der Waals surface area contributed by atoms with Crippen molar-refractivity contribution in [3.63, 3.8) is 0 Å². The summed E-state index contributed by atoms with van der Waals surface area (Å²) < 4.78 is 0. The fourth-order valence-corrected chi connectivity index (χ4v) is 2.63. The van der Waals surface area contributed by atoms with E-state index < -0.39 is 0 Å². The van der Waals surface area contributed by atoms with Gasteiger partial charge in [0.2, 0.25) is 0 Å². The number of Topliss-reactive ketones (excluding diaryl/α,β-unsaturated/α-hetero) is 1. The molecule has 0 bridgehead atoms. The van der Waals surface area contributed by atoms with Gasteiger partial charge in [0.15, 0.2) is 5.78 Å². The number of carbonyl (C=O) groups is 1. The number of rotatable bonds is 6. The maximum atomic E-state index is 12.3. The molecule has 1 N–H and O–H groups in total. The summed E-state index contributed by atoms with van der Waals surface area (Å²) in [5, 5.41) is 4.62. The molecule has 0 aromatic heterocycles. The molecule has 0 spiro atoms. The third-order valence-corrected chi connectivity index (χ3v) is 4.01. The fourth-order valence-electron chi connectivity index (χ4n) is 2.10. The maximum absolute atomic E-state index is 12.3. The van der Waals surface area contributed by atoms with E-state index in [1.807, 2.05) is 46.8 Å². The van der Waals surface area contributed by atoms with Crippen LogP contribution in [0.1, 0.15) is 38.8 Å². The summed E-state index contributed by atoms with van der Waals surface area (Å²) in [7, 11) is 0. The molecule has 2 nitrogen and oxygen atoms in total. The molecule has 1 rings (SSSR count). The zero-order valence-corrected chi connectivity index (χ0v) is 14.3. The van der Waals surface area contributed by atoms with Crippen molar-refractivity contribution >= 4 is 29.0 Å². The Morgan fingerprint density at radius 3 is 2.05 bits per heavy atom. The van der Waals surface area contributed by atoms with Gasteiger partial charge in [0.05, 0.1) is 6.04 Å². The summed E-state index contributed by atoms with van der Waals surface area (Å²) in [5.74, 6) is 0.217. The molecule has 0 saturated carbocycles. The second kappa shape index (κ2) is 7.44. The molecule has 0 aliphatic rings. The van der Waals surface area contributed by atoms with Gasteiger partial charge < -0.3 is 5.32 Å². The highest BCUT2D eigenvalue weighted by molar-refractivity contribution is 6.36. The van der Waals surface area contributed by atoms with E-state index in [9.17, 15) is 4.79 Å². The average Bonchev–Trinajstić information content (AvgIpc) is 2.33. The Morgan fingerprint density at radius 1 is 1.15 bits per heavy atom. The zero-order chi connectivity index (χ0) is 15.4. The molecule has 0 radical (unpaired) electrons. The smallest absolute Gasteiger partial charge is 0.152 e. The molecule has 0 saturated heterocycles. The average molecular weight is 316 g/mol. The molecular weight excluding hydrogens is 293 g/mol. The SMILES string of the molecule is Cc1c(Cl)cc(CC(NC(C)C)C(=O)C(C)C)cc1Cl. The van der Waals surface area contributed by atoms with Gasteiger partial charge in [0, 0.05) is 22.0 Å². The number of benzene rings is 1. The van der Waals surface area contributed by atoms with Crippen LogP contribution in [0.25, 0.3) is 0 Å². The van der Waals surface area contributed by atoms with Crippen LogP contribution in [0.2, 0.25) is 10.0 Å². The normalized spacial score (nSPS) is 13.1. The highest BCUT2D eigenvalue weighted by Crippen LogP contribution is 2.26. The van der Waals surface area contributed by atoms with Crippen LogP contribution in [-0.4, -0.2) is 17.9 Å². The Labute approximate surface area is 131 Å². The van der Waals surface area contributed by atoms with Crippen molar-refractivity contribution < 1.29 is 4.79 Å². The van der Waals surface area contributed by atoms with Crippen molar-refractivity contribution in [3.05, 3.63) is 33.3 Å². The van der Waals surface area contributed by atoms with Crippen molar-refractivity contribution in [1.82, 2.24) is 5.32 Å². The van der Waals surface area contributed by atoms with Crippen molar-refractivity contribution in [1.29, 1.82) is 0 Å². The van der Waals surface area contributed by atoms with E-state index in [0.29, 0.717) is 16.5 Å². The molecule has 1 atom stereocenters. The Bertz CT molecular complexity index is 460. The summed E-state index contributed by atoms with van der Waals surface area (Å²) in [6.45, 7) is 9.81. The first kappa shape index (κ1) is 17.5. The van der Waals surface area contributed by atoms with Crippen LogP contribution < -0.4 is 5.32 Å². The highest BCUT2D eigenvalue weighted by Gasteiger charge is 2.22. The van der Waals surface area contributed by atoms with Crippen LogP contribution in [0, 0.1) is 12.8 Å². The summed E-state index contributed by atoms with van der Waals surface area (Å²) in [6.07, 6.45) is 0.606. The molecule has 1 aromatic carbocycles. The maximum Gasteiger partial charge on any atom is 0.152 e. The second-order valence-electron chi connectivity index (χ2n) is 5.82. The second-order valence-corrected chi connectivity index (χ2v) is 6.63. The van der Waals surface area contributed by atoms with Crippen molar-refractivity contribution in [2.24, 2.45) is 5.92 Å². The molecule has 1 aromatic rings. The van der Waals surface area contributed by atoms with Crippen molar-refractivity contribution in [2.45, 2.75) is 53.1 Å². The van der Waals surface area contributed by atoms with E-state index in [-0.39, 0.29) is 23.8 Å². The van der Waals surface area contributed by atoms with Crippen LogP contribution in [0.5, 0.6) is 0 Å². The number of halogens is 2. The van der Waals surface area contributed by atoms with Crippen LogP contribution in [0.3, 0.4) is 0 Å². The minimum Gasteiger partial charge on any atom is -0.305 e. The number of nitrogens with one attached hydrogen (secondary N) is 1. The van der Waals surface area contributed by atoms with Crippen molar-refractivity contribution in [2.75, 3.05) is 0 Å². The van der Waals surface area contributed by atoms with Crippen LogP contribution >= 0.6 is 23.2 Å². The predicted octanol–water partition coefficient (Wildman–Crippen LogP) is 4.44. The van der Waals surface area contributed by atoms with Crippen LogP contribution in [0.4, 0.5) is 0 Å². The largest absolute Gasteiger partial charge is 0.305 e. The molecule has 1 unspecified atom stereocenters. The molecule has 0 aliphatic heterocycles. The van der Waals surface area contributed by atoms with E-state index >= 15 is 0 Å². The van der Waals surface area contributed by atoms with Gasteiger partial charge in [-0.15, -0.1) is 0 Å². The molecule has 112 valence electrons. The topological polar surface area (TPSA) is 29.1 Å². The number of hydrogen-bond acceptors (Lipinski definition) is 2. The third-order valence-electron chi connectivity index (χ3n) is 3.23.